The lowest BCUT2D eigenvalue weighted by Gasteiger charge is -2.18. The molecule has 0 radical (unpaired) electrons. The summed E-state index contributed by atoms with van der Waals surface area (Å²) < 4.78 is 1.90. The second-order valence-electron chi connectivity index (χ2n) is 6.55. The highest BCUT2D eigenvalue weighted by Crippen LogP contribution is 2.27. The molecule has 0 aliphatic heterocycles. The molecule has 3 heterocycles. The van der Waals surface area contributed by atoms with E-state index < -0.39 is 0 Å². The molecule has 0 unspecified atom stereocenters. The topological polar surface area (TPSA) is 71.8 Å². The fourth-order valence-corrected chi connectivity index (χ4v) is 2.91. The average molecular weight is 359 g/mol. The molecule has 7 heteroatoms. The summed E-state index contributed by atoms with van der Waals surface area (Å²) in [5, 5.41) is 8.87. The molecular formula is C20H21N7. The Kier molecular flexibility index (Phi) is 4.19. The van der Waals surface area contributed by atoms with E-state index in [1.807, 2.05) is 55.0 Å². The van der Waals surface area contributed by atoms with Gasteiger partial charge in [-0.1, -0.05) is 6.07 Å². The third-order valence-electron chi connectivity index (χ3n) is 4.64. The van der Waals surface area contributed by atoms with Gasteiger partial charge in [-0.15, -0.1) is 0 Å². The highest BCUT2D eigenvalue weighted by Gasteiger charge is 2.11. The predicted octanol–water partition coefficient (Wildman–Crippen LogP) is 3.89. The first-order valence-corrected chi connectivity index (χ1v) is 8.71. The Balaban J connectivity index is 1.62. The number of aryl methyl sites for hydroxylation is 3. The number of hydrogen-bond donors (Lipinski definition) is 1. The van der Waals surface area contributed by atoms with Crippen LogP contribution in [0.1, 0.15) is 11.3 Å². The molecule has 0 saturated heterocycles. The molecule has 0 aliphatic rings. The molecule has 0 atom stereocenters. The van der Waals surface area contributed by atoms with E-state index in [0.29, 0.717) is 11.8 Å². The summed E-state index contributed by atoms with van der Waals surface area (Å²) in [6.07, 6.45) is 3.54. The third-order valence-corrected chi connectivity index (χ3v) is 4.64. The van der Waals surface area contributed by atoms with Gasteiger partial charge < -0.3 is 10.2 Å². The van der Waals surface area contributed by atoms with Crippen molar-refractivity contribution in [3.05, 3.63) is 60.0 Å². The van der Waals surface area contributed by atoms with Crippen molar-refractivity contribution in [2.45, 2.75) is 13.8 Å². The molecule has 7 nitrogen and oxygen atoms in total. The maximum absolute atomic E-state index is 4.61. The zero-order chi connectivity index (χ0) is 19.0. The van der Waals surface area contributed by atoms with Crippen LogP contribution in [-0.2, 0) is 7.05 Å². The van der Waals surface area contributed by atoms with Crippen molar-refractivity contribution in [3.63, 3.8) is 0 Å². The summed E-state index contributed by atoms with van der Waals surface area (Å²) >= 11 is 0. The van der Waals surface area contributed by atoms with E-state index in [-0.39, 0.29) is 0 Å². The second kappa shape index (κ2) is 6.68. The van der Waals surface area contributed by atoms with Crippen LogP contribution in [0.15, 0.2) is 48.8 Å². The fraction of sp³-hybridized carbons (Fsp3) is 0.200. The van der Waals surface area contributed by atoms with Crippen LogP contribution < -0.4 is 10.2 Å². The normalized spacial score (nSPS) is 11.0. The Bertz CT molecular complexity index is 1100. The highest BCUT2D eigenvalue weighted by molar-refractivity contribution is 5.85. The molecule has 0 saturated carbocycles. The Morgan fingerprint density at radius 3 is 2.67 bits per heavy atom. The van der Waals surface area contributed by atoms with Gasteiger partial charge in [-0.05, 0) is 49.7 Å². The lowest BCUT2D eigenvalue weighted by atomic mass is 10.2. The van der Waals surface area contributed by atoms with Crippen molar-refractivity contribution in [1.82, 2.24) is 24.7 Å². The quantitative estimate of drug-likeness (QED) is 0.596. The molecule has 0 spiro atoms. The zero-order valence-electron chi connectivity index (χ0n) is 15.8. The van der Waals surface area contributed by atoms with Crippen molar-refractivity contribution in [1.29, 1.82) is 0 Å². The van der Waals surface area contributed by atoms with Gasteiger partial charge in [0, 0.05) is 43.3 Å². The van der Waals surface area contributed by atoms with Gasteiger partial charge in [0.1, 0.15) is 11.6 Å². The molecule has 4 rings (SSSR count). The lowest BCUT2D eigenvalue weighted by Crippen LogP contribution is -2.12. The van der Waals surface area contributed by atoms with Crippen LogP contribution >= 0.6 is 0 Å². The summed E-state index contributed by atoms with van der Waals surface area (Å²) in [7, 11) is 3.94. The number of anilines is 4. The smallest absolute Gasteiger partial charge is 0.230 e. The number of nitrogens with zero attached hydrogens (tertiary/aromatic N) is 6. The Labute approximate surface area is 157 Å². The Hall–Kier alpha value is -3.48. The Morgan fingerprint density at radius 2 is 1.89 bits per heavy atom. The van der Waals surface area contributed by atoms with Crippen LogP contribution in [0.2, 0.25) is 0 Å². The molecule has 0 fully saturated rings. The van der Waals surface area contributed by atoms with E-state index >= 15 is 0 Å². The van der Waals surface area contributed by atoms with Gasteiger partial charge in [0.25, 0.3) is 0 Å². The number of aromatic nitrogens is 5. The van der Waals surface area contributed by atoms with Gasteiger partial charge in [-0.2, -0.15) is 10.1 Å². The minimum atomic E-state index is 0.505. The van der Waals surface area contributed by atoms with Gasteiger partial charge in [0.05, 0.1) is 5.52 Å². The minimum Gasteiger partial charge on any atom is -0.329 e. The van der Waals surface area contributed by atoms with E-state index in [1.54, 1.807) is 6.20 Å². The largest absolute Gasteiger partial charge is 0.329 e. The van der Waals surface area contributed by atoms with Crippen LogP contribution in [0.5, 0.6) is 0 Å². The van der Waals surface area contributed by atoms with Gasteiger partial charge in [-0.3, -0.25) is 4.68 Å². The SMILES string of the molecule is Cc1ccc(Nc2nccc(N(C)c3ccc4c(C)n(C)nc4c3)n2)nc1. The van der Waals surface area contributed by atoms with Crippen LogP contribution in [0.25, 0.3) is 10.9 Å². The first kappa shape index (κ1) is 17.0. The van der Waals surface area contributed by atoms with E-state index in [4.69, 9.17) is 0 Å². The molecule has 0 amide bonds. The van der Waals surface area contributed by atoms with E-state index in [2.05, 4.69) is 50.5 Å². The van der Waals surface area contributed by atoms with Gasteiger partial charge in [0.15, 0.2) is 0 Å². The van der Waals surface area contributed by atoms with Gasteiger partial charge in [-0.25, -0.2) is 9.97 Å². The van der Waals surface area contributed by atoms with Gasteiger partial charge in [0.2, 0.25) is 5.95 Å². The number of fused-ring (bicyclic) bond motifs is 1. The Morgan fingerprint density at radius 1 is 1.04 bits per heavy atom. The molecule has 1 aromatic carbocycles. The molecule has 4 aromatic rings. The number of benzene rings is 1. The van der Waals surface area contributed by atoms with E-state index in [9.17, 15) is 0 Å². The minimum absolute atomic E-state index is 0.505. The molecule has 27 heavy (non-hydrogen) atoms. The lowest BCUT2D eigenvalue weighted by molar-refractivity contribution is 0.751. The average Bonchev–Trinajstić information content (AvgIpc) is 2.96. The summed E-state index contributed by atoms with van der Waals surface area (Å²) in [5.41, 5.74) is 4.24. The number of rotatable bonds is 4. The van der Waals surface area contributed by atoms with Crippen LogP contribution in [0.3, 0.4) is 0 Å². The standard InChI is InChI=1S/C20H21N7/c1-13-5-8-18(22-12-13)23-20-21-10-9-19(24-20)26(3)15-6-7-16-14(2)27(4)25-17(16)11-15/h5-12H,1-4H3,(H,21,22,23,24). The number of hydrogen-bond acceptors (Lipinski definition) is 6. The van der Waals surface area contributed by atoms with Crippen LogP contribution in [0.4, 0.5) is 23.3 Å². The van der Waals surface area contributed by atoms with Crippen LogP contribution in [0, 0.1) is 13.8 Å². The monoisotopic (exact) mass is 359 g/mol. The van der Waals surface area contributed by atoms with Crippen molar-refractivity contribution in [3.8, 4) is 0 Å². The summed E-state index contributed by atoms with van der Waals surface area (Å²) in [6.45, 7) is 4.07. The van der Waals surface area contributed by atoms with Gasteiger partial charge >= 0.3 is 0 Å². The molecule has 3 aromatic heterocycles. The molecule has 0 bridgehead atoms. The molecule has 0 aliphatic carbocycles. The fourth-order valence-electron chi connectivity index (χ4n) is 2.91. The number of pyridine rings is 1. The maximum atomic E-state index is 4.61. The highest BCUT2D eigenvalue weighted by atomic mass is 15.3. The van der Waals surface area contributed by atoms with Crippen molar-refractivity contribution in [2.24, 2.45) is 7.05 Å². The third kappa shape index (κ3) is 3.31. The maximum Gasteiger partial charge on any atom is 0.230 e. The van der Waals surface area contributed by atoms with Crippen molar-refractivity contribution < 1.29 is 0 Å². The number of nitrogens with one attached hydrogen (secondary N) is 1. The van der Waals surface area contributed by atoms with E-state index in [1.165, 1.54) is 0 Å². The van der Waals surface area contributed by atoms with Crippen molar-refractivity contribution in [2.75, 3.05) is 17.3 Å². The summed E-state index contributed by atoms with van der Waals surface area (Å²) in [4.78, 5) is 15.2. The molecule has 1 N–H and O–H groups in total. The summed E-state index contributed by atoms with van der Waals surface area (Å²) in [6, 6.07) is 12.0. The second-order valence-corrected chi connectivity index (χ2v) is 6.55. The first-order valence-electron chi connectivity index (χ1n) is 8.71. The first-order chi connectivity index (χ1) is 13.0. The van der Waals surface area contributed by atoms with Crippen LogP contribution in [-0.4, -0.2) is 31.8 Å². The van der Waals surface area contributed by atoms with Crippen molar-refractivity contribution >= 4 is 34.2 Å². The summed E-state index contributed by atoms with van der Waals surface area (Å²) in [5.74, 6) is 2.00. The predicted molar refractivity (Wildman–Crippen MR) is 108 cm³/mol. The molecular weight excluding hydrogens is 338 g/mol. The van der Waals surface area contributed by atoms with E-state index in [0.717, 1.165) is 33.7 Å². The molecule has 136 valence electrons. The zero-order valence-corrected chi connectivity index (χ0v) is 15.8.